The molecular weight excluding hydrogens is 344 g/mol. The van der Waals surface area contributed by atoms with E-state index in [4.69, 9.17) is 9.47 Å². The van der Waals surface area contributed by atoms with Crippen LogP contribution in [0, 0.1) is 6.92 Å². The van der Waals surface area contributed by atoms with Crippen LogP contribution in [0.25, 0.3) is 4.91 Å². The summed E-state index contributed by atoms with van der Waals surface area (Å²) < 4.78 is 36.1. The van der Waals surface area contributed by atoms with Gasteiger partial charge in [0.05, 0.1) is 7.11 Å². The third kappa shape index (κ3) is 3.79. The first-order chi connectivity index (χ1) is 11.8. The molecule has 2 aromatic carbocycles. The number of hydrogen-bond donors (Lipinski definition) is 0. The van der Waals surface area contributed by atoms with E-state index in [1.165, 1.54) is 37.3 Å². The molecule has 0 bridgehead atoms. The Kier molecular flexibility index (Phi) is 5.41. The Morgan fingerprint density at radius 1 is 1.08 bits per heavy atom. The molecule has 25 heavy (non-hydrogen) atoms. The molecule has 0 radical (unpaired) electrons. The fourth-order valence-corrected chi connectivity index (χ4v) is 3.67. The highest BCUT2D eigenvalue weighted by Crippen LogP contribution is 2.36. The Morgan fingerprint density at radius 2 is 1.76 bits per heavy atom. The lowest BCUT2D eigenvalue weighted by Crippen LogP contribution is -2.11. The number of benzene rings is 2. The topological polar surface area (TPSA) is 86.7 Å². The zero-order chi connectivity index (χ0) is 18.6. The second-order valence-corrected chi connectivity index (χ2v) is 7.03. The largest absolute Gasteiger partial charge is 0.496 e. The number of hydrogen-bond acceptors (Lipinski definition) is 6. The van der Waals surface area contributed by atoms with Crippen molar-refractivity contribution >= 4 is 26.7 Å². The number of carbonyl (C=O) groups is 1. The summed E-state index contributed by atoms with van der Waals surface area (Å²) in [7, 11) is -2.93. The van der Waals surface area contributed by atoms with Crippen LogP contribution in [-0.4, -0.2) is 27.4 Å². The maximum atomic E-state index is 13.0. The SMILES string of the molecule is COc1ccccc1C(=C=O)S(=O)(=O)c1ccc(C)cc1OC(C)=O. The lowest BCUT2D eigenvalue weighted by atomic mass is 10.2. The third-order valence-corrected chi connectivity index (χ3v) is 5.11. The highest BCUT2D eigenvalue weighted by Gasteiger charge is 2.29. The number of esters is 1. The van der Waals surface area contributed by atoms with Crippen LogP contribution in [0.1, 0.15) is 18.1 Å². The Hall–Kier alpha value is -2.89. The van der Waals surface area contributed by atoms with E-state index in [1.54, 1.807) is 25.1 Å². The van der Waals surface area contributed by atoms with Gasteiger partial charge in [0.25, 0.3) is 0 Å². The summed E-state index contributed by atoms with van der Waals surface area (Å²) in [4.78, 5) is 21.9. The average molecular weight is 360 g/mol. The quantitative estimate of drug-likeness (QED) is 0.463. The molecule has 0 atom stereocenters. The van der Waals surface area contributed by atoms with E-state index in [-0.39, 0.29) is 22.0 Å². The Morgan fingerprint density at radius 3 is 2.36 bits per heavy atom. The summed E-state index contributed by atoms with van der Waals surface area (Å²) in [5, 5.41) is 0. The zero-order valence-corrected chi connectivity index (χ0v) is 14.7. The third-order valence-electron chi connectivity index (χ3n) is 3.36. The Balaban J connectivity index is 2.69. The van der Waals surface area contributed by atoms with Gasteiger partial charge in [0.2, 0.25) is 9.84 Å². The Bertz CT molecular complexity index is 969. The van der Waals surface area contributed by atoms with Crippen LogP contribution in [0.15, 0.2) is 47.4 Å². The van der Waals surface area contributed by atoms with Crippen molar-refractivity contribution in [3.05, 3.63) is 53.6 Å². The first kappa shape index (κ1) is 18.4. The van der Waals surface area contributed by atoms with Gasteiger partial charge >= 0.3 is 5.97 Å². The number of rotatable bonds is 5. The zero-order valence-electron chi connectivity index (χ0n) is 13.9. The summed E-state index contributed by atoms with van der Waals surface area (Å²) >= 11 is 0. The average Bonchev–Trinajstić information content (AvgIpc) is 2.55. The fourth-order valence-electron chi connectivity index (χ4n) is 2.27. The van der Waals surface area contributed by atoms with Crippen molar-refractivity contribution in [1.82, 2.24) is 0 Å². The van der Waals surface area contributed by atoms with Crippen LogP contribution in [0.5, 0.6) is 11.5 Å². The van der Waals surface area contributed by atoms with Crippen molar-refractivity contribution in [2.75, 3.05) is 7.11 Å². The van der Waals surface area contributed by atoms with E-state index < -0.39 is 20.7 Å². The van der Waals surface area contributed by atoms with Gasteiger partial charge in [0, 0.05) is 12.5 Å². The van der Waals surface area contributed by atoms with Crippen molar-refractivity contribution in [3.8, 4) is 11.5 Å². The van der Waals surface area contributed by atoms with Gasteiger partial charge in [-0.1, -0.05) is 18.2 Å². The maximum absolute atomic E-state index is 13.0. The lowest BCUT2D eigenvalue weighted by Gasteiger charge is -2.13. The van der Waals surface area contributed by atoms with Gasteiger partial charge in [-0.2, -0.15) is 0 Å². The van der Waals surface area contributed by atoms with Gasteiger partial charge in [-0.25, -0.2) is 13.2 Å². The predicted molar refractivity (Wildman–Crippen MR) is 91.8 cm³/mol. The number of ether oxygens (including phenoxy) is 2. The molecular formula is C18H16O6S. The molecule has 2 rings (SSSR count). The van der Waals surface area contributed by atoms with Gasteiger partial charge in [-0.05, 0) is 36.8 Å². The number of para-hydroxylation sites is 1. The van der Waals surface area contributed by atoms with Crippen LogP contribution in [0.3, 0.4) is 0 Å². The second-order valence-electron chi connectivity index (χ2n) is 5.18. The summed E-state index contributed by atoms with van der Waals surface area (Å²) in [5.74, 6) is 0.885. The molecule has 0 spiro atoms. The molecule has 0 fully saturated rings. The molecule has 130 valence electrons. The van der Waals surface area contributed by atoms with Crippen molar-refractivity contribution in [2.24, 2.45) is 0 Å². The Labute approximate surface area is 145 Å². The van der Waals surface area contributed by atoms with Crippen LogP contribution in [-0.2, 0) is 19.4 Å². The van der Waals surface area contributed by atoms with Crippen molar-refractivity contribution in [1.29, 1.82) is 0 Å². The number of sulfone groups is 1. The fraction of sp³-hybridized carbons (Fsp3) is 0.167. The minimum Gasteiger partial charge on any atom is -0.496 e. The van der Waals surface area contributed by atoms with Gasteiger partial charge < -0.3 is 9.47 Å². The minimum atomic E-state index is -4.29. The van der Waals surface area contributed by atoms with Crippen molar-refractivity contribution < 1.29 is 27.5 Å². The molecule has 0 heterocycles. The molecule has 0 saturated carbocycles. The van der Waals surface area contributed by atoms with Crippen molar-refractivity contribution in [3.63, 3.8) is 0 Å². The predicted octanol–water partition coefficient (Wildman–Crippen LogP) is 2.58. The molecule has 0 saturated heterocycles. The molecule has 7 heteroatoms. The second kappa shape index (κ2) is 7.34. The van der Waals surface area contributed by atoms with E-state index in [9.17, 15) is 18.0 Å². The summed E-state index contributed by atoms with van der Waals surface area (Å²) in [6.07, 6.45) is 0. The molecule has 2 aromatic rings. The van der Waals surface area contributed by atoms with E-state index in [1.807, 2.05) is 0 Å². The van der Waals surface area contributed by atoms with E-state index in [2.05, 4.69) is 0 Å². The highest BCUT2D eigenvalue weighted by atomic mass is 32.2. The molecule has 0 aromatic heterocycles. The van der Waals surface area contributed by atoms with Gasteiger partial charge in [0.15, 0.2) is 4.91 Å². The molecule has 0 aliphatic heterocycles. The first-order valence-electron chi connectivity index (χ1n) is 7.24. The molecule has 0 unspecified atom stereocenters. The van der Waals surface area contributed by atoms with E-state index in [0.29, 0.717) is 5.56 Å². The van der Waals surface area contributed by atoms with Crippen molar-refractivity contribution in [2.45, 2.75) is 18.7 Å². The number of carbonyl (C=O) groups excluding carboxylic acids is 2. The van der Waals surface area contributed by atoms with Crippen LogP contribution >= 0.6 is 0 Å². The molecule has 0 amide bonds. The van der Waals surface area contributed by atoms with Crippen LogP contribution in [0.2, 0.25) is 0 Å². The molecule has 6 nitrogen and oxygen atoms in total. The number of aryl methyl sites for hydroxylation is 1. The van der Waals surface area contributed by atoms with Gasteiger partial charge in [0.1, 0.15) is 22.3 Å². The first-order valence-corrected chi connectivity index (χ1v) is 8.72. The van der Waals surface area contributed by atoms with Gasteiger partial charge in [-0.15, -0.1) is 0 Å². The molecule has 0 aliphatic rings. The van der Waals surface area contributed by atoms with Gasteiger partial charge in [-0.3, -0.25) is 4.79 Å². The maximum Gasteiger partial charge on any atom is 0.308 e. The lowest BCUT2D eigenvalue weighted by molar-refractivity contribution is -0.132. The smallest absolute Gasteiger partial charge is 0.308 e. The molecule has 0 aliphatic carbocycles. The van der Waals surface area contributed by atoms with E-state index in [0.717, 1.165) is 6.92 Å². The van der Waals surface area contributed by atoms with Crippen LogP contribution in [0.4, 0.5) is 0 Å². The summed E-state index contributed by atoms with van der Waals surface area (Å²) in [6.45, 7) is 2.88. The standard InChI is InChI=1S/C18H16O6S/c1-12-8-9-17(16(10-12)24-13(2)20)25(21,22)18(11-19)14-6-4-5-7-15(14)23-3/h4-10H,1-3H3. The summed E-state index contributed by atoms with van der Waals surface area (Å²) in [5.41, 5.74) is 0.776. The van der Waals surface area contributed by atoms with E-state index >= 15 is 0 Å². The highest BCUT2D eigenvalue weighted by molar-refractivity contribution is 8.01. The van der Waals surface area contributed by atoms with Crippen LogP contribution < -0.4 is 9.47 Å². The molecule has 0 N–H and O–H groups in total. The normalized spacial score (nSPS) is 10.7. The summed E-state index contributed by atoms with van der Waals surface area (Å²) in [6, 6.07) is 10.4. The monoisotopic (exact) mass is 360 g/mol. The minimum absolute atomic E-state index is 0.0781. The number of methoxy groups -OCH3 is 1.